The van der Waals surface area contributed by atoms with E-state index in [1.54, 1.807) is 21.6 Å². The molecule has 1 aliphatic heterocycles. The second-order valence-electron chi connectivity index (χ2n) is 8.06. The topological polar surface area (TPSA) is 70.0 Å². The fourth-order valence-corrected chi connectivity index (χ4v) is 3.35. The zero-order valence-electron chi connectivity index (χ0n) is 17.3. The van der Waals surface area contributed by atoms with E-state index in [0.717, 1.165) is 16.6 Å². The summed E-state index contributed by atoms with van der Waals surface area (Å²) >= 11 is 0. The zero-order chi connectivity index (χ0) is 21.3. The van der Waals surface area contributed by atoms with Gasteiger partial charge in [0.1, 0.15) is 24.6 Å². The molecule has 7 heteroatoms. The molecule has 2 aromatic carbocycles. The van der Waals surface area contributed by atoms with E-state index in [2.05, 4.69) is 0 Å². The number of rotatable bonds is 4. The molecule has 7 nitrogen and oxygen atoms in total. The average molecular weight is 408 g/mol. The van der Waals surface area contributed by atoms with E-state index in [0.29, 0.717) is 24.6 Å². The molecule has 0 N–H and O–H groups in total. The number of fused-ring (bicyclic) bond motifs is 1. The van der Waals surface area contributed by atoms with Gasteiger partial charge >= 0.3 is 12.2 Å². The predicted octanol–water partition coefficient (Wildman–Crippen LogP) is 4.96. The van der Waals surface area contributed by atoms with Crippen LogP contribution in [0.2, 0.25) is 0 Å². The quantitative estimate of drug-likeness (QED) is 0.610. The van der Waals surface area contributed by atoms with Gasteiger partial charge in [0.25, 0.3) is 0 Å². The van der Waals surface area contributed by atoms with Gasteiger partial charge in [0, 0.05) is 11.1 Å². The summed E-state index contributed by atoms with van der Waals surface area (Å²) in [5, 5.41) is 0.935. The van der Waals surface area contributed by atoms with Gasteiger partial charge in [-0.1, -0.05) is 18.2 Å². The van der Waals surface area contributed by atoms with Crippen molar-refractivity contribution in [3.05, 3.63) is 60.3 Å². The molecule has 0 bridgehead atoms. The maximum atomic E-state index is 12.8. The maximum Gasteiger partial charge on any atom is 0.419 e. The fraction of sp³-hybridized carbons (Fsp3) is 0.304. The fourth-order valence-electron chi connectivity index (χ4n) is 3.35. The molecule has 0 atom stereocenters. The Kier molecular flexibility index (Phi) is 5.11. The van der Waals surface area contributed by atoms with Crippen LogP contribution < -0.4 is 9.64 Å². The number of amides is 1. The van der Waals surface area contributed by atoms with E-state index in [4.69, 9.17) is 14.2 Å². The number of hydrogen-bond acceptors (Lipinski definition) is 5. The van der Waals surface area contributed by atoms with Crippen LogP contribution in [0, 0.1) is 0 Å². The summed E-state index contributed by atoms with van der Waals surface area (Å²) in [7, 11) is 0. The van der Waals surface area contributed by atoms with Crippen molar-refractivity contribution in [1.29, 1.82) is 0 Å². The highest BCUT2D eigenvalue weighted by atomic mass is 16.6. The maximum absolute atomic E-state index is 12.8. The molecule has 4 rings (SSSR count). The molecule has 2 heterocycles. The molecule has 0 aliphatic carbocycles. The third-order valence-electron chi connectivity index (χ3n) is 4.66. The molecule has 0 spiro atoms. The van der Waals surface area contributed by atoms with Crippen molar-refractivity contribution in [3.63, 3.8) is 0 Å². The first kappa shape index (κ1) is 19.8. The van der Waals surface area contributed by atoms with Crippen LogP contribution in [0.25, 0.3) is 10.9 Å². The van der Waals surface area contributed by atoms with Gasteiger partial charge < -0.3 is 14.2 Å². The molecular formula is C23H24N2O5. The Labute approximate surface area is 174 Å². The Morgan fingerprint density at radius 2 is 1.83 bits per heavy atom. The average Bonchev–Trinajstić information content (AvgIpc) is 3.28. The molecule has 3 aromatic rings. The van der Waals surface area contributed by atoms with E-state index in [9.17, 15) is 9.59 Å². The molecule has 0 saturated carbocycles. The van der Waals surface area contributed by atoms with Crippen LogP contribution in [0.15, 0.2) is 54.6 Å². The number of aromatic nitrogens is 1. The number of nitrogens with zero attached hydrogens (tertiary/aromatic N) is 2. The normalized spacial score (nSPS) is 14.1. The minimum absolute atomic E-state index is 0.193. The molecule has 1 fully saturated rings. The molecule has 0 radical (unpaired) electrons. The summed E-state index contributed by atoms with van der Waals surface area (Å²) in [5.41, 5.74) is 1.62. The summed E-state index contributed by atoms with van der Waals surface area (Å²) in [6.45, 7) is 6.64. The standard InChI is InChI=1S/C23H24N2O5/c1-23(2,3)30-22(27)25-18(14-16-6-4-5-7-20(16)25)15-29-19-10-8-17(9-11-19)24-12-13-28-21(24)26/h4-11,14H,12-13,15H2,1-3H3. The van der Waals surface area contributed by atoms with Gasteiger partial charge in [-0.05, 0) is 57.2 Å². The van der Waals surface area contributed by atoms with E-state index in [-0.39, 0.29) is 12.7 Å². The van der Waals surface area contributed by atoms with Crippen LogP contribution in [-0.2, 0) is 16.1 Å². The van der Waals surface area contributed by atoms with Crippen molar-refractivity contribution in [2.75, 3.05) is 18.1 Å². The first-order chi connectivity index (χ1) is 14.3. The molecule has 30 heavy (non-hydrogen) atoms. The number of benzene rings is 2. The number of cyclic esters (lactones) is 1. The van der Waals surface area contributed by atoms with Gasteiger partial charge in [0.05, 0.1) is 17.8 Å². The lowest BCUT2D eigenvalue weighted by atomic mass is 10.2. The lowest BCUT2D eigenvalue weighted by Gasteiger charge is -2.21. The van der Waals surface area contributed by atoms with Gasteiger partial charge in [-0.25, -0.2) is 14.2 Å². The number of para-hydroxylation sites is 1. The number of carbonyl (C=O) groups is 2. The Morgan fingerprint density at radius 1 is 1.10 bits per heavy atom. The van der Waals surface area contributed by atoms with Crippen molar-refractivity contribution in [3.8, 4) is 5.75 Å². The minimum atomic E-state index is -0.604. The minimum Gasteiger partial charge on any atom is -0.487 e. The third-order valence-corrected chi connectivity index (χ3v) is 4.66. The molecule has 156 valence electrons. The summed E-state index contributed by atoms with van der Waals surface area (Å²) in [5.74, 6) is 0.632. The Bertz CT molecular complexity index is 1080. The van der Waals surface area contributed by atoms with E-state index in [1.165, 1.54) is 0 Å². The van der Waals surface area contributed by atoms with Crippen LogP contribution in [0.1, 0.15) is 26.5 Å². The van der Waals surface area contributed by atoms with Gasteiger partial charge in [0.2, 0.25) is 0 Å². The molecule has 1 saturated heterocycles. The lowest BCUT2D eigenvalue weighted by molar-refractivity contribution is 0.0535. The molecule has 1 aromatic heterocycles. The summed E-state index contributed by atoms with van der Waals surface area (Å²) in [4.78, 5) is 26.1. The van der Waals surface area contributed by atoms with Gasteiger partial charge in [-0.3, -0.25) is 4.90 Å². The number of ether oxygens (including phenoxy) is 3. The van der Waals surface area contributed by atoms with E-state index >= 15 is 0 Å². The highest BCUT2D eigenvalue weighted by Gasteiger charge is 2.24. The van der Waals surface area contributed by atoms with Crippen LogP contribution >= 0.6 is 0 Å². The predicted molar refractivity (Wildman–Crippen MR) is 113 cm³/mol. The van der Waals surface area contributed by atoms with Crippen molar-refractivity contribution in [2.45, 2.75) is 33.0 Å². The lowest BCUT2D eigenvalue weighted by Crippen LogP contribution is -2.28. The summed E-state index contributed by atoms with van der Waals surface area (Å²) in [6, 6.07) is 16.8. The smallest absolute Gasteiger partial charge is 0.419 e. The Morgan fingerprint density at radius 3 is 2.50 bits per heavy atom. The number of carbonyl (C=O) groups excluding carboxylic acids is 2. The first-order valence-corrected chi connectivity index (χ1v) is 9.82. The van der Waals surface area contributed by atoms with Crippen molar-refractivity contribution in [1.82, 2.24) is 4.57 Å². The molecular weight excluding hydrogens is 384 g/mol. The second kappa shape index (κ2) is 7.74. The van der Waals surface area contributed by atoms with Crippen molar-refractivity contribution < 1.29 is 23.8 Å². The van der Waals surface area contributed by atoms with E-state index < -0.39 is 11.7 Å². The largest absolute Gasteiger partial charge is 0.487 e. The van der Waals surface area contributed by atoms with Gasteiger partial charge in [0.15, 0.2) is 0 Å². The molecule has 1 amide bonds. The van der Waals surface area contributed by atoms with Crippen LogP contribution in [0.4, 0.5) is 15.3 Å². The van der Waals surface area contributed by atoms with E-state index in [1.807, 2.05) is 63.2 Å². The number of anilines is 1. The first-order valence-electron chi connectivity index (χ1n) is 9.82. The highest BCUT2D eigenvalue weighted by molar-refractivity contribution is 5.91. The zero-order valence-corrected chi connectivity index (χ0v) is 17.3. The van der Waals surface area contributed by atoms with Crippen LogP contribution in [0.5, 0.6) is 5.75 Å². The molecule has 0 unspecified atom stereocenters. The van der Waals surface area contributed by atoms with Gasteiger partial charge in [-0.2, -0.15) is 0 Å². The number of hydrogen-bond donors (Lipinski definition) is 0. The highest BCUT2D eigenvalue weighted by Crippen LogP contribution is 2.25. The Hall–Kier alpha value is -3.48. The Balaban J connectivity index is 1.54. The third kappa shape index (κ3) is 4.10. The van der Waals surface area contributed by atoms with Crippen LogP contribution in [0.3, 0.4) is 0 Å². The second-order valence-corrected chi connectivity index (χ2v) is 8.06. The summed E-state index contributed by atoms with van der Waals surface area (Å²) in [6.07, 6.45) is -0.782. The molecule has 1 aliphatic rings. The van der Waals surface area contributed by atoms with Gasteiger partial charge in [-0.15, -0.1) is 0 Å². The monoisotopic (exact) mass is 408 g/mol. The van der Waals surface area contributed by atoms with Crippen molar-refractivity contribution in [2.24, 2.45) is 0 Å². The van der Waals surface area contributed by atoms with Crippen LogP contribution in [-0.4, -0.2) is 35.5 Å². The SMILES string of the molecule is CC(C)(C)OC(=O)n1c(COc2ccc(N3CCOC3=O)cc2)cc2ccccc21. The van der Waals surface area contributed by atoms with Crippen molar-refractivity contribution >= 4 is 28.8 Å². The summed E-state index contributed by atoms with van der Waals surface area (Å²) < 4.78 is 18.0.